The summed E-state index contributed by atoms with van der Waals surface area (Å²) in [6, 6.07) is 32.8. The summed E-state index contributed by atoms with van der Waals surface area (Å²) >= 11 is 0. The molecule has 0 heterocycles. The molecule has 0 bridgehead atoms. The number of hydrogen-bond donors (Lipinski definition) is 0. The standard InChI is InChI=1S/C38H43N2O2/c1-6-8-9-10-28-42-37-13-11-12-32(29-37)15-14-31-18-22-34(23-19-31)39(33-20-16-30(7-2)17-21-33)35-24-26-36(27-25-35)40(41)38(3,4)5/h7,11-27,29H,2,6,8-10,28H2,1,3-5H3/b15-14+. The highest BCUT2D eigenvalue weighted by Gasteiger charge is 2.22. The van der Waals surface area contributed by atoms with Gasteiger partial charge < -0.3 is 9.64 Å². The molecule has 4 aromatic carbocycles. The average molecular weight is 560 g/mol. The molecule has 0 amide bonds. The van der Waals surface area contributed by atoms with Crippen LogP contribution in [-0.2, 0) is 5.21 Å². The van der Waals surface area contributed by atoms with Crippen molar-refractivity contribution in [3.05, 3.63) is 120 Å². The fourth-order valence-electron chi connectivity index (χ4n) is 4.68. The topological polar surface area (TPSA) is 35.6 Å². The van der Waals surface area contributed by atoms with Crippen molar-refractivity contribution in [1.82, 2.24) is 0 Å². The van der Waals surface area contributed by atoms with Gasteiger partial charge in [0.1, 0.15) is 5.75 Å². The molecule has 0 N–H and O–H groups in total. The summed E-state index contributed by atoms with van der Waals surface area (Å²) in [5, 5.41) is 13.8. The van der Waals surface area contributed by atoms with Gasteiger partial charge in [-0.2, -0.15) is 0 Å². The number of hydrogen-bond acceptors (Lipinski definition) is 3. The Kier molecular flexibility index (Phi) is 10.6. The van der Waals surface area contributed by atoms with Crippen LogP contribution in [0.25, 0.3) is 18.2 Å². The fourth-order valence-corrected chi connectivity index (χ4v) is 4.68. The maximum atomic E-state index is 12.7. The SMILES string of the molecule is C=Cc1ccc(N(c2ccc(/C=C/c3cccc(OCCCCCC)c3)cc2)c2ccc(N([O])C(C)(C)C)cc2)cc1. The molecule has 0 fully saturated rings. The third-order valence-corrected chi connectivity index (χ3v) is 7.08. The molecule has 4 rings (SSSR count). The molecule has 0 aliphatic rings. The van der Waals surface area contributed by atoms with Crippen molar-refractivity contribution in [3.8, 4) is 5.75 Å². The van der Waals surface area contributed by atoms with E-state index in [0.717, 1.165) is 57.6 Å². The van der Waals surface area contributed by atoms with Crippen molar-refractivity contribution in [2.24, 2.45) is 0 Å². The van der Waals surface area contributed by atoms with E-state index in [1.165, 1.54) is 19.3 Å². The maximum Gasteiger partial charge on any atom is 0.119 e. The molecule has 0 unspecified atom stereocenters. The summed E-state index contributed by atoms with van der Waals surface area (Å²) in [6.07, 6.45) is 10.9. The van der Waals surface area contributed by atoms with E-state index in [9.17, 15) is 5.21 Å². The highest BCUT2D eigenvalue weighted by molar-refractivity contribution is 5.79. The summed E-state index contributed by atoms with van der Waals surface area (Å²) < 4.78 is 5.96. The Bertz CT molecular complexity index is 1430. The fraction of sp³-hybridized carbons (Fsp3) is 0.263. The number of rotatable bonds is 13. The van der Waals surface area contributed by atoms with Gasteiger partial charge in [0.05, 0.1) is 17.8 Å². The Balaban J connectivity index is 1.54. The summed E-state index contributed by atoms with van der Waals surface area (Å²) in [6.45, 7) is 12.6. The van der Waals surface area contributed by atoms with Crippen molar-refractivity contribution in [3.63, 3.8) is 0 Å². The first-order valence-electron chi connectivity index (χ1n) is 14.9. The molecule has 0 saturated carbocycles. The molecule has 0 aromatic heterocycles. The van der Waals surface area contributed by atoms with Crippen molar-refractivity contribution >= 4 is 41.0 Å². The Labute approximate surface area is 252 Å². The third kappa shape index (κ3) is 8.37. The van der Waals surface area contributed by atoms with E-state index >= 15 is 0 Å². The third-order valence-electron chi connectivity index (χ3n) is 7.08. The first-order valence-corrected chi connectivity index (χ1v) is 14.9. The molecule has 4 aromatic rings. The minimum Gasteiger partial charge on any atom is -0.494 e. The molecule has 0 atom stereocenters. The molecule has 217 valence electrons. The molecule has 0 aliphatic heterocycles. The first-order chi connectivity index (χ1) is 20.3. The zero-order valence-electron chi connectivity index (χ0n) is 25.4. The van der Waals surface area contributed by atoms with Crippen LogP contribution in [0, 0.1) is 0 Å². The van der Waals surface area contributed by atoms with Crippen LogP contribution in [0.2, 0.25) is 0 Å². The van der Waals surface area contributed by atoms with Crippen LogP contribution in [0.5, 0.6) is 5.75 Å². The largest absolute Gasteiger partial charge is 0.494 e. The van der Waals surface area contributed by atoms with Gasteiger partial charge in [0.2, 0.25) is 0 Å². The van der Waals surface area contributed by atoms with Crippen molar-refractivity contribution in [2.45, 2.75) is 58.9 Å². The monoisotopic (exact) mass is 559 g/mol. The first kappa shape index (κ1) is 30.7. The Morgan fingerprint density at radius 2 is 1.24 bits per heavy atom. The number of nitrogens with zero attached hydrogens (tertiary/aromatic N) is 2. The second kappa shape index (κ2) is 14.6. The second-order valence-electron chi connectivity index (χ2n) is 11.5. The van der Waals surface area contributed by atoms with Crippen LogP contribution in [-0.4, -0.2) is 12.1 Å². The van der Waals surface area contributed by atoms with Gasteiger partial charge in [0, 0.05) is 17.1 Å². The lowest BCUT2D eigenvalue weighted by Crippen LogP contribution is -2.37. The molecule has 0 aliphatic carbocycles. The zero-order chi connectivity index (χ0) is 30.0. The van der Waals surface area contributed by atoms with Gasteiger partial charge in [0.25, 0.3) is 0 Å². The zero-order valence-corrected chi connectivity index (χ0v) is 25.4. The molecular formula is C38H43N2O2. The number of hydroxylamine groups is 1. The Morgan fingerprint density at radius 1 is 0.690 bits per heavy atom. The minimum atomic E-state index is -0.506. The predicted octanol–water partition coefficient (Wildman–Crippen LogP) is 10.9. The lowest BCUT2D eigenvalue weighted by molar-refractivity contribution is 0.102. The van der Waals surface area contributed by atoms with Crippen molar-refractivity contribution < 1.29 is 9.94 Å². The van der Waals surface area contributed by atoms with E-state index in [0.29, 0.717) is 5.69 Å². The van der Waals surface area contributed by atoms with Crippen LogP contribution in [0.3, 0.4) is 0 Å². The van der Waals surface area contributed by atoms with Crippen LogP contribution in [0.4, 0.5) is 22.7 Å². The highest BCUT2D eigenvalue weighted by atomic mass is 16.5. The molecule has 0 saturated heterocycles. The summed E-state index contributed by atoms with van der Waals surface area (Å²) in [5.41, 5.74) is 6.44. The Morgan fingerprint density at radius 3 is 1.81 bits per heavy atom. The van der Waals surface area contributed by atoms with E-state index in [2.05, 4.69) is 91.2 Å². The summed E-state index contributed by atoms with van der Waals surface area (Å²) in [5.74, 6) is 0.913. The van der Waals surface area contributed by atoms with Gasteiger partial charge in [0.15, 0.2) is 0 Å². The average Bonchev–Trinajstić information content (AvgIpc) is 3.01. The van der Waals surface area contributed by atoms with E-state index in [4.69, 9.17) is 4.74 Å². The van der Waals surface area contributed by atoms with E-state index in [1.54, 1.807) is 0 Å². The molecular weight excluding hydrogens is 516 g/mol. The maximum absolute atomic E-state index is 12.7. The molecule has 42 heavy (non-hydrogen) atoms. The second-order valence-corrected chi connectivity index (χ2v) is 11.5. The van der Waals surface area contributed by atoms with Crippen LogP contribution < -0.4 is 14.7 Å². The van der Waals surface area contributed by atoms with Gasteiger partial charge in [-0.3, -0.25) is 0 Å². The quantitative estimate of drug-likeness (QED) is 0.0928. The predicted molar refractivity (Wildman–Crippen MR) is 179 cm³/mol. The van der Waals surface area contributed by atoms with Crippen LogP contribution in [0.15, 0.2) is 104 Å². The smallest absolute Gasteiger partial charge is 0.119 e. The molecule has 1 radical (unpaired) electrons. The van der Waals surface area contributed by atoms with E-state index in [-0.39, 0.29) is 0 Å². The Hall–Kier alpha value is -4.28. The molecule has 0 spiro atoms. The van der Waals surface area contributed by atoms with E-state index in [1.807, 2.05) is 63.2 Å². The van der Waals surface area contributed by atoms with Gasteiger partial charge in [-0.25, -0.2) is 5.06 Å². The number of unbranched alkanes of at least 4 members (excludes halogenated alkanes) is 3. The molecule has 4 nitrogen and oxygen atoms in total. The van der Waals surface area contributed by atoms with Crippen molar-refractivity contribution in [1.29, 1.82) is 0 Å². The number of ether oxygens (including phenoxy) is 1. The van der Waals surface area contributed by atoms with Crippen LogP contribution in [0.1, 0.15) is 70.1 Å². The van der Waals surface area contributed by atoms with E-state index < -0.39 is 5.54 Å². The summed E-state index contributed by atoms with van der Waals surface area (Å²) in [4.78, 5) is 2.19. The van der Waals surface area contributed by atoms with Crippen molar-refractivity contribution in [2.75, 3.05) is 16.6 Å². The summed E-state index contributed by atoms with van der Waals surface area (Å²) in [7, 11) is 0. The normalized spacial score (nSPS) is 11.5. The lowest BCUT2D eigenvalue weighted by Gasteiger charge is -2.30. The molecule has 4 heteroatoms. The van der Waals surface area contributed by atoms with Gasteiger partial charge in [-0.15, -0.1) is 0 Å². The minimum absolute atomic E-state index is 0.506. The number of anilines is 4. The number of benzene rings is 4. The lowest BCUT2D eigenvalue weighted by atomic mass is 10.1. The van der Waals surface area contributed by atoms with Gasteiger partial charge in [-0.1, -0.05) is 92.6 Å². The van der Waals surface area contributed by atoms with Gasteiger partial charge >= 0.3 is 0 Å². The highest BCUT2D eigenvalue weighted by Crippen LogP contribution is 2.36. The van der Waals surface area contributed by atoms with Gasteiger partial charge in [-0.05, 0) is 105 Å². The van der Waals surface area contributed by atoms with Crippen LogP contribution >= 0.6 is 0 Å².